The molecule has 0 aliphatic heterocycles. The molecule has 0 spiro atoms. The number of aromatic nitrogens is 2. The summed E-state index contributed by atoms with van der Waals surface area (Å²) in [6.07, 6.45) is 4.70. The number of aryl methyl sites for hydroxylation is 2. The Morgan fingerprint density at radius 2 is 2.20 bits per heavy atom. The lowest BCUT2D eigenvalue weighted by Crippen LogP contribution is -2.23. The SMILES string of the molecule is Cc1ccc2nc(CCCl)n(C3CCCC3(C)C)c2c1. The van der Waals surface area contributed by atoms with E-state index in [0.29, 0.717) is 17.3 Å². The molecule has 1 saturated carbocycles. The van der Waals surface area contributed by atoms with Gasteiger partial charge in [-0.25, -0.2) is 4.98 Å². The van der Waals surface area contributed by atoms with E-state index in [4.69, 9.17) is 16.6 Å². The van der Waals surface area contributed by atoms with Gasteiger partial charge in [0.2, 0.25) is 0 Å². The molecule has 2 aromatic rings. The molecule has 1 aromatic carbocycles. The molecule has 1 unspecified atom stereocenters. The molecule has 1 aliphatic carbocycles. The molecule has 2 nitrogen and oxygen atoms in total. The number of nitrogens with zero attached hydrogens (tertiary/aromatic N) is 2. The van der Waals surface area contributed by atoms with Gasteiger partial charge in [-0.1, -0.05) is 26.3 Å². The standard InChI is InChI=1S/C17H23ClN2/c1-12-6-7-13-14(11-12)20(16(19-13)8-10-18)15-5-4-9-17(15,2)3/h6-7,11,15H,4-5,8-10H2,1-3H3. The molecule has 1 fully saturated rings. The quantitative estimate of drug-likeness (QED) is 0.737. The molecule has 20 heavy (non-hydrogen) atoms. The summed E-state index contributed by atoms with van der Waals surface area (Å²) in [5, 5.41) is 0. The van der Waals surface area contributed by atoms with Gasteiger partial charge in [0, 0.05) is 18.3 Å². The van der Waals surface area contributed by atoms with E-state index < -0.39 is 0 Å². The Balaban J connectivity index is 2.20. The minimum absolute atomic E-state index is 0.346. The number of hydrogen-bond donors (Lipinski definition) is 0. The molecule has 1 atom stereocenters. The number of fused-ring (bicyclic) bond motifs is 1. The van der Waals surface area contributed by atoms with Crippen molar-refractivity contribution in [3.63, 3.8) is 0 Å². The van der Waals surface area contributed by atoms with Crippen LogP contribution in [0.25, 0.3) is 11.0 Å². The van der Waals surface area contributed by atoms with Crippen LogP contribution in [0, 0.1) is 12.3 Å². The zero-order valence-electron chi connectivity index (χ0n) is 12.6. The van der Waals surface area contributed by atoms with E-state index in [-0.39, 0.29) is 0 Å². The highest BCUT2D eigenvalue weighted by Gasteiger charge is 2.37. The maximum atomic E-state index is 5.99. The van der Waals surface area contributed by atoms with Crippen molar-refractivity contribution in [1.82, 2.24) is 9.55 Å². The van der Waals surface area contributed by atoms with E-state index in [1.807, 2.05) is 0 Å². The Labute approximate surface area is 126 Å². The topological polar surface area (TPSA) is 17.8 Å². The Morgan fingerprint density at radius 1 is 1.40 bits per heavy atom. The van der Waals surface area contributed by atoms with Crippen molar-refractivity contribution in [3.05, 3.63) is 29.6 Å². The number of benzene rings is 1. The zero-order valence-corrected chi connectivity index (χ0v) is 13.4. The average Bonchev–Trinajstić information content (AvgIpc) is 2.89. The highest BCUT2D eigenvalue weighted by atomic mass is 35.5. The summed E-state index contributed by atoms with van der Waals surface area (Å²) in [5.41, 5.74) is 4.04. The third-order valence-corrected chi connectivity index (χ3v) is 4.94. The second-order valence-electron chi connectivity index (χ2n) is 6.73. The molecule has 0 N–H and O–H groups in total. The van der Waals surface area contributed by atoms with Crippen molar-refractivity contribution in [1.29, 1.82) is 0 Å². The molecular formula is C17H23ClN2. The van der Waals surface area contributed by atoms with Crippen LogP contribution in [0.1, 0.15) is 50.5 Å². The van der Waals surface area contributed by atoms with Crippen molar-refractivity contribution >= 4 is 22.6 Å². The number of rotatable bonds is 3. The van der Waals surface area contributed by atoms with Gasteiger partial charge >= 0.3 is 0 Å². The van der Waals surface area contributed by atoms with Crippen LogP contribution in [-0.4, -0.2) is 15.4 Å². The molecule has 0 radical (unpaired) electrons. The van der Waals surface area contributed by atoms with E-state index in [0.717, 1.165) is 17.8 Å². The van der Waals surface area contributed by atoms with Gasteiger partial charge in [-0.2, -0.15) is 0 Å². The second-order valence-corrected chi connectivity index (χ2v) is 7.10. The van der Waals surface area contributed by atoms with E-state index in [1.54, 1.807) is 0 Å². The lowest BCUT2D eigenvalue weighted by Gasteiger charge is -2.30. The highest BCUT2D eigenvalue weighted by Crippen LogP contribution is 2.47. The first-order valence-electron chi connectivity index (χ1n) is 7.56. The molecule has 1 aromatic heterocycles. The smallest absolute Gasteiger partial charge is 0.111 e. The fraction of sp³-hybridized carbons (Fsp3) is 0.588. The molecule has 3 rings (SSSR count). The summed E-state index contributed by atoms with van der Waals surface area (Å²) in [5.74, 6) is 1.79. The first-order chi connectivity index (χ1) is 9.53. The Hall–Kier alpha value is -1.02. The first kappa shape index (κ1) is 13.9. The Kier molecular flexibility index (Phi) is 3.53. The van der Waals surface area contributed by atoms with Gasteiger partial charge in [-0.05, 0) is 42.9 Å². The van der Waals surface area contributed by atoms with Crippen LogP contribution >= 0.6 is 11.6 Å². The number of halogens is 1. The average molecular weight is 291 g/mol. The highest BCUT2D eigenvalue weighted by molar-refractivity contribution is 6.17. The molecule has 0 amide bonds. The van der Waals surface area contributed by atoms with Gasteiger partial charge in [-0.3, -0.25) is 0 Å². The van der Waals surface area contributed by atoms with Gasteiger partial charge in [0.15, 0.2) is 0 Å². The Morgan fingerprint density at radius 3 is 2.85 bits per heavy atom. The Bertz CT molecular complexity index is 627. The van der Waals surface area contributed by atoms with E-state index in [1.165, 1.54) is 30.3 Å². The van der Waals surface area contributed by atoms with Crippen LogP contribution in [-0.2, 0) is 6.42 Å². The van der Waals surface area contributed by atoms with Crippen LogP contribution in [0.15, 0.2) is 18.2 Å². The summed E-state index contributed by atoms with van der Waals surface area (Å²) in [4.78, 5) is 4.83. The predicted octanol–water partition coefficient (Wildman–Crippen LogP) is 4.88. The number of imidazole rings is 1. The molecule has 1 aliphatic rings. The molecule has 108 valence electrons. The molecular weight excluding hydrogens is 268 g/mol. The second kappa shape index (κ2) is 5.07. The third-order valence-electron chi connectivity index (χ3n) is 4.75. The van der Waals surface area contributed by atoms with Crippen LogP contribution in [0.4, 0.5) is 0 Å². The van der Waals surface area contributed by atoms with Gasteiger partial charge in [0.1, 0.15) is 5.82 Å². The summed E-state index contributed by atoms with van der Waals surface area (Å²) in [7, 11) is 0. The van der Waals surface area contributed by atoms with Crippen molar-refractivity contribution in [3.8, 4) is 0 Å². The fourth-order valence-corrected chi connectivity index (χ4v) is 3.82. The van der Waals surface area contributed by atoms with Crippen molar-refractivity contribution < 1.29 is 0 Å². The van der Waals surface area contributed by atoms with Crippen molar-refractivity contribution in [2.45, 2.75) is 52.5 Å². The maximum Gasteiger partial charge on any atom is 0.111 e. The predicted molar refractivity (Wildman–Crippen MR) is 85.6 cm³/mol. The first-order valence-corrected chi connectivity index (χ1v) is 8.10. The largest absolute Gasteiger partial charge is 0.324 e. The van der Waals surface area contributed by atoms with Gasteiger partial charge in [0.05, 0.1) is 11.0 Å². The lowest BCUT2D eigenvalue weighted by atomic mass is 9.87. The monoisotopic (exact) mass is 290 g/mol. The lowest BCUT2D eigenvalue weighted by molar-refractivity contribution is 0.261. The molecule has 0 saturated heterocycles. The fourth-order valence-electron chi connectivity index (χ4n) is 3.65. The van der Waals surface area contributed by atoms with E-state index >= 15 is 0 Å². The summed E-state index contributed by atoms with van der Waals surface area (Å²) in [6.45, 7) is 6.92. The molecule has 3 heteroatoms. The molecule has 0 bridgehead atoms. The number of alkyl halides is 1. The summed E-state index contributed by atoms with van der Waals surface area (Å²) >= 11 is 5.99. The third kappa shape index (κ3) is 2.24. The minimum Gasteiger partial charge on any atom is -0.324 e. The van der Waals surface area contributed by atoms with Crippen molar-refractivity contribution in [2.24, 2.45) is 5.41 Å². The van der Waals surface area contributed by atoms with Gasteiger partial charge in [-0.15, -0.1) is 11.6 Å². The van der Waals surface area contributed by atoms with E-state index in [9.17, 15) is 0 Å². The van der Waals surface area contributed by atoms with E-state index in [2.05, 4.69) is 43.5 Å². The normalized spacial score (nSPS) is 21.7. The van der Waals surface area contributed by atoms with Gasteiger partial charge in [0.25, 0.3) is 0 Å². The minimum atomic E-state index is 0.346. The van der Waals surface area contributed by atoms with Crippen LogP contribution in [0.2, 0.25) is 0 Å². The van der Waals surface area contributed by atoms with Gasteiger partial charge < -0.3 is 4.57 Å². The number of hydrogen-bond acceptors (Lipinski definition) is 1. The summed E-state index contributed by atoms with van der Waals surface area (Å²) < 4.78 is 2.48. The summed E-state index contributed by atoms with van der Waals surface area (Å²) in [6, 6.07) is 7.10. The maximum absolute atomic E-state index is 5.99. The van der Waals surface area contributed by atoms with Crippen LogP contribution in [0.3, 0.4) is 0 Å². The zero-order chi connectivity index (χ0) is 14.3. The molecule has 1 heterocycles. The van der Waals surface area contributed by atoms with Crippen LogP contribution in [0.5, 0.6) is 0 Å². The van der Waals surface area contributed by atoms with Crippen LogP contribution < -0.4 is 0 Å². The van der Waals surface area contributed by atoms with Crippen molar-refractivity contribution in [2.75, 3.05) is 5.88 Å².